The van der Waals surface area contributed by atoms with Crippen LogP contribution in [0.2, 0.25) is 0 Å². The van der Waals surface area contributed by atoms with Gasteiger partial charge in [-0.2, -0.15) is 0 Å². The van der Waals surface area contributed by atoms with E-state index in [1.807, 2.05) is 13.1 Å². The second-order valence-electron chi connectivity index (χ2n) is 7.55. The SMILES string of the molecule is CCn1cc2cc(c1=O)Nc1cc(NC)c3ncn(c3n1)C(=O)N[C@@H]1CC[C@H]1OC2. The van der Waals surface area contributed by atoms with Crippen molar-refractivity contribution in [2.24, 2.45) is 0 Å². The van der Waals surface area contributed by atoms with Gasteiger partial charge < -0.3 is 25.3 Å². The van der Waals surface area contributed by atoms with Crippen LogP contribution < -0.4 is 21.5 Å². The normalized spacial score (nSPS) is 20.7. The number of nitrogens with one attached hydrogen (secondary N) is 3. The number of fused-ring (bicyclic) bond motifs is 4. The van der Waals surface area contributed by atoms with Gasteiger partial charge in [0.2, 0.25) is 0 Å². The number of nitrogens with zero attached hydrogens (tertiary/aromatic N) is 4. The molecular weight excluding hydrogens is 386 g/mol. The molecule has 4 bridgehead atoms. The molecule has 1 aliphatic carbocycles. The van der Waals surface area contributed by atoms with E-state index in [0.29, 0.717) is 41.5 Å². The monoisotopic (exact) mass is 409 g/mol. The Morgan fingerprint density at radius 1 is 1.30 bits per heavy atom. The minimum atomic E-state index is -0.300. The number of carbonyl (C=O) groups excluding carboxylic acids is 1. The highest BCUT2D eigenvalue weighted by Crippen LogP contribution is 2.28. The number of carbonyl (C=O) groups is 1. The van der Waals surface area contributed by atoms with Gasteiger partial charge in [-0.15, -0.1) is 0 Å². The Labute approximate surface area is 172 Å². The van der Waals surface area contributed by atoms with Crippen molar-refractivity contribution in [3.8, 4) is 0 Å². The standard InChI is InChI=1S/C20H23N7O3/c1-3-26-8-11-6-14(19(26)28)23-16-7-13(21-2)17-18(25-16)27(10-22-17)20(29)24-12-4-5-15(12)30-9-11/h6-8,10,12,15H,3-5,9H2,1-2H3,(H,24,29)(H2,21,23,25)/t12-,15-/m1/s1. The highest BCUT2D eigenvalue weighted by atomic mass is 16.5. The summed E-state index contributed by atoms with van der Waals surface area (Å²) >= 11 is 0. The maximum Gasteiger partial charge on any atom is 0.328 e. The zero-order valence-electron chi connectivity index (χ0n) is 16.8. The van der Waals surface area contributed by atoms with Crippen LogP contribution in [-0.4, -0.2) is 44.3 Å². The molecule has 0 spiro atoms. The van der Waals surface area contributed by atoms with E-state index < -0.39 is 0 Å². The Kier molecular flexibility index (Phi) is 4.43. The number of hydrogen-bond acceptors (Lipinski definition) is 7. The van der Waals surface area contributed by atoms with Crippen molar-refractivity contribution in [1.82, 2.24) is 24.4 Å². The topological polar surface area (TPSA) is 115 Å². The molecule has 3 N–H and O–H groups in total. The first-order chi connectivity index (χ1) is 14.6. The average Bonchev–Trinajstić information content (AvgIpc) is 3.16. The molecule has 0 radical (unpaired) electrons. The Morgan fingerprint density at radius 3 is 2.90 bits per heavy atom. The summed E-state index contributed by atoms with van der Waals surface area (Å²) in [6, 6.07) is 3.20. The lowest BCUT2D eigenvalue weighted by Crippen LogP contribution is -2.52. The fourth-order valence-electron chi connectivity index (χ4n) is 3.90. The number of rotatable bonds is 2. The predicted molar refractivity (Wildman–Crippen MR) is 112 cm³/mol. The Morgan fingerprint density at radius 2 is 2.17 bits per heavy atom. The van der Waals surface area contributed by atoms with Gasteiger partial charge in [-0.3, -0.25) is 4.79 Å². The Bertz CT molecular complexity index is 1200. The number of amides is 1. The van der Waals surface area contributed by atoms with Gasteiger partial charge in [-0.05, 0) is 31.4 Å². The molecule has 10 nitrogen and oxygen atoms in total. The summed E-state index contributed by atoms with van der Waals surface area (Å²) in [7, 11) is 1.77. The lowest BCUT2D eigenvalue weighted by Gasteiger charge is -2.36. The molecule has 1 aliphatic heterocycles. The number of anilines is 3. The van der Waals surface area contributed by atoms with E-state index in [1.165, 1.54) is 10.9 Å². The van der Waals surface area contributed by atoms with E-state index >= 15 is 0 Å². The van der Waals surface area contributed by atoms with Crippen LogP contribution in [0.5, 0.6) is 0 Å². The van der Waals surface area contributed by atoms with Crippen LogP contribution in [0.15, 0.2) is 29.5 Å². The second kappa shape index (κ2) is 7.13. The molecule has 2 aliphatic rings. The fourth-order valence-corrected chi connectivity index (χ4v) is 3.90. The first-order valence-electron chi connectivity index (χ1n) is 10.1. The van der Waals surface area contributed by atoms with Gasteiger partial charge in [-0.25, -0.2) is 19.3 Å². The van der Waals surface area contributed by atoms with Crippen LogP contribution in [-0.2, 0) is 17.9 Å². The third kappa shape index (κ3) is 3.00. The molecule has 3 aromatic rings. The molecular formula is C20H23N7O3. The molecule has 1 fully saturated rings. The van der Waals surface area contributed by atoms with Crippen molar-refractivity contribution < 1.29 is 9.53 Å². The summed E-state index contributed by atoms with van der Waals surface area (Å²) in [5, 5.41) is 9.24. The molecule has 0 unspecified atom stereocenters. The molecule has 5 rings (SSSR count). The van der Waals surface area contributed by atoms with Crippen LogP contribution in [0.25, 0.3) is 11.2 Å². The Balaban J connectivity index is 1.69. The molecule has 1 saturated carbocycles. The summed E-state index contributed by atoms with van der Waals surface area (Å²) in [4.78, 5) is 34.7. The molecule has 0 aromatic carbocycles. The highest BCUT2D eigenvalue weighted by molar-refractivity contribution is 5.94. The fraction of sp³-hybridized carbons (Fsp3) is 0.400. The number of aryl methyl sites for hydroxylation is 1. The largest absolute Gasteiger partial charge is 0.386 e. The maximum atomic E-state index is 12.9. The molecule has 156 valence electrons. The summed E-state index contributed by atoms with van der Waals surface area (Å²) in [5.74, 6) is 0.442. The van der Waals surface area contributed by atoms with Crippen molar-refractivity contribution >= 4 is 34.4 Å². The van der Waals surface area contributed by atoms with Crippen molar-refractivity contribution in [3.63, 3.8) is 0 Å². The number of ether oxygens (including phenoxy) is 1. The van der Waals surface area contributed by atoms with Crippen molar-refractivity contribution in [2.75, 3.05) is 17.7 Å². The van der Waals surface area contributed by atoms with Gasteiger partial charge in [0, 0.05) is 25.9 Å². The maximum absolute atomic E-state index is 12.9. The van der Waals surface area contributed by atoms with E-state index in [0.717, 1.165) is 18.4 Å². The minimum absolute atomic E-state index is 0.0681. The average molecular weight is 409 g/mol. The number of pyridine rings is 2. The van der Waals surface area contributed by atoms with Crippen molar-refractivity contribution in [2.45, 2.75) is 45.1 Å². The van der Waals surface area contributed by atoms with Crippen LogP contribution in [0.1, 0.15) is 25.3 Å². The van der Waals surface area contributed by atoms with E-state index in [9.17, 15) is 9.59 Å². The molecule has 3 aromatic heterocycles. The zero-order chi connectivity index (χ0) is 20.8. The lowest BCUT2D eigenvalue weighted by molar-refractivity contribution is -0.0324. The molecule has 4 heterocycles. The smallest absolute Gasteiger partial charge is 0.328 e. The van der Waals surface area contributed by atoms with E-state index in [2.05, 4.69) is 25.9 Å². The molecule has 10 heteroatoms. The van der Waals surface area contributed by atoms with Gasteiger partial charge in [0.1, 0.15) is 23.3 Å². The summed E-state index contributed by atoms with van der Waals surface area (Å²) in [5.41, 5.74) is 2.83. The first kappa shape index (κ1) is 18.6. The summed E-state index contributed by atoms with van der Waals surface area (Å²) in [6.45, 7) is 2.83. The van der Waals surface area contributed by atoms with E-state index in [4.69, 9.17) is 4.74 Å². The van der Waals surface area contributed by atoms with Crippen LogP contribution >= 0.6 is 0 Å². The molecule has 30 heavy (non-hydrogen) atoms. The van der Waals surface area contributed by atoms with Crippen molar-refractivity contribution in [1.29, 1.82) is 0 Å². The molecule has 1 amide bonds. The third-order valence-corrected chi connectivity index (χ3v) is 5.72. The van der Waals surface area contributed by atoms with Crippen molar-refractivity contribution in [3.05, 3.63) is 40.6 Å². The van der Waals surface area contributed by atoms with Gasteiger partial charge in [0.25, 0.3) is 5.56 Å². The van der Waals surface area contributed by atoms with Crippen LogP contribution in [0, 0.1) is 0 Å². The summed E-state index contributed by atoms with van der Waals surface area (Å²) < 4.78 is 9.09. The van der Waals surface area contributed by atoms with Gasteiger partial charge >= 0.3 is 6.03 Å². The van der Waals surface area contributed by atoms with Gasteiger partial charge in [-0.1, -0.05) is 0 Å². The minimum Gasteiger partial charge on any atom is -0.386 e. The zero-order valence-corrected chi connectivity index (χ0v) is 16.8. The quantitative estimate of drug-likeness (QED) is 0.593. The summed E-state index contributed by atoms with van der Waals surface area (Å²) in [6.07, 6.45) is 4.94. The highest BCUT2D eigenvalue weighted by Gasteiger charge is 2.34. The van der Waals surface area contributed by atoms with Crippen LogP contribution in [0.3, 0.4) is 0 Å². The first-order valence-corrected chi connectivity index (χ1v) is 10.1. The molecule has 2 atom stereocenters. The molecule has 0 saturated heterocycles. The van der Waals surface area contributed by atoms with Gasteiger partial charge in [0.15, 0.2) is 5.65 Å². The van der Waals surface area contributed by atoms with Gasteiger partial charge in [0.05, 0.1) is 24.4 Å². The number of imidazole rings is 1. The van der Waals surface area contributed by atoms with E-state index in [-0.39, 0.29) is 23.7 Å². The number of hydrogen-bond donors (Lipinski definition) is 3. The predicted octanol–water partition coefficient (Wildman–Crippen LogP) is 2.02. The lowest BCUT2D eigenvalue weighted by atomic mass is 9.89. The van der Waals surface area contributed by atoms with Crippen LogP contribution in [0.4, 0.5) is 22.0 Å². The van der Waals surface area contributed by atoms with E-state index in [1.54, 1.807) is 23.7 Å². The third-order valence-electron chi connectivity index (χ3n) is 5.72. The Hall–Kier alpha value is -3.40. The number of aromatic nitrogens is 4. The second-order valence-corrected chi connectivity index (χ2v) is 7.55.